The van der Waals surface area contributed by atoms with E-state index in [0.717, 1.165) is 22.6 Å². The van der Waals surface area contributed by atoms with E-state index >= 15 is 0 Å². The number of benzene rings is 6. The van der Waals surface area contributed by atoms with E-state index in [9.17, 15) is 0 Å². The van der Waals surface area contributed by atoms with Crippen molar-refractivity contribution in [2.75, 3.05) is 0 Å². The zero-order valence-electron chi connectivity index (χ0n) is 70.8. The zero-order valence-corrected chi connectivity index (χ0v) is 76.2. The van der Waals surface area contributed by atoms with Crippen LogP contribution in [0.2, 0.25) is 0 Å². The fraction of sp³-hybridized carbons (Fsp3) is 0.636. The Kier molecular flexibility index (Phi) is 50.0. The lowest BCUT2D eigenvalue weighted by atomic mass is 9.99. The van der Waals surface area contributed by atoms with Crippen molar-refractivity contribution in [3.05, 3.63) is 178 Å². The number of rotatable bonds is 11. The third-order valence-electron chi connectivity index (χ3n) is 19.0. The van der Waals surface area contributed by atoms with Crippen LogP contribution >= 0.6 is 47.5 Å². The molecule has 2 saturated carbocycles. The van der Waals surface area contributed by atoms with Gasteiger partial charge >= 0.3 is 0 Å². The van der Waals surface area contributed by atoms with Gasteiger partial charge in [-0.05, 0) is 234 Å². The van der Waals surface area contributed by atoms with Gasteiger partial charge in [-0.2, -0.15) is 0 Å². The molecule has 2 aliphatic rings. The Morgan fingerprint density at radius 2 is 0.552 bits per heavy atom. The highest BCUT2D eigenvalue weighted by atomic mass is 31.1. The molecule has 0 nitrogen and oxygen atoms in total. The first-order chi connectivity index (χ1) is 45.4. The molecule has 6 aromatic rings. The molecule has 6 heteroatoms. The van der Waals surface area contributed by atoms with Crippen molar-refractivity contribution in [1.82, 2.24) is 0 Å². The number of hydrogen-bond donors (Lipinski definition) is 0. The van der Waals surface area contributed by atoms with Crippen LogP contribution in [0, 0.1) is 55.4 Å². The maximum atomic E-state index is 2.53. The highest BCUT2D eigenvalue weighted by Crippen LogP contribution is 2.67. The molecule has 602 valence electrons. The highest BCUT2D eigenvalue weighted by molar-refractivity contribution is 7.75. The summed E-state index contributed by atoms with van der Waals surface area (Å²) in [6.07, 6.45) is 15.3. The first kappa shape index (κ1) is 109. The number of hydrogen-bond acceptors (Lipinski definition) is 0. The molecule has 8 rings (SSSR count). The molecule has 0 aliphatic heterocycles. The Bertz CT molecular complexity index is 3020. The van der Waals surface area contributed by atoms with E-state index in [1.807, 2.05) is 0 Å². The van der Waals surface area contributed by atoms with Crippen LogP contribution in [0.3, 0.4) is 0 Å². The van der Waals surface area contributed by atoms with Crippen LogP contribution in [0.25, 0.3) is 0 Å². The number of aryl methyl sites for hydroxylation is 8. The predicted octanol–water partition coefficient (Wildman–Crippen LogP) is 32.5. The van der Waals surface area contributed by atoms with Gasteiger partial charge < -0.3 is 0 Å². The molecule has 0 radical (unpaired) electrons. The van der Waals surface area contributed by atoms with E-state index in [2.05, 4.69) is 376 Å². The molecule has 0 atom stereocenters. The molecule has 0 saturated heterocycles. The van der Waals surface area contributed by atoms with Gasteiger partial charge in [0.2, 0.25) is 0 Å². The van der Waals surface area contributed by atoms with E-state index in [0.29, 0.717) is 31.4 Å². The van der Waals surface area contributed by atoms with Crippen LogP contribution in [-0.2, 0) is 0 Å². The molecule has 0 amide bonds. The van der Waals surface area contributed by atoms with Crippen LogP contribution in [0.5, 0.6) is 0 Å². The topological polar surface area (TPSA) is 0 Å². The summed E-state index contributed by atoms with van der Waals surface area (Å²) >= 11 is 0. The van der Waals surface area contributed by atoms with E-state index < -0.39 is 7.92 Å². The van der Waals surface area contributed by atoms with Gasteiger partial charge in [0, 0.05) is 0 Å². The van der Waals surface area contributed by atoms with Crippen molar-refractivity contribution in [2.45, 2.75) is 415 Å². The first-order valence-electron chi connectivity index (χ1n) is 38.6. The van der Waals surface area contributed by atoms with Gasteiger partial charge in [-0.3, -0.25) is 0 Å². The molecule has 0 N–H and O–H groups in total. The molecule has 6 aromatic carbocycles. The van der Waals surface area contributed by atoms with Gasteiger partial charge in [0.1, 0.15) is 0 Å². The Balaban J connectivity index is -0.000000584. The monoisotopic (exact) mass is 1550 g/mol. The molecule has 2 aliphatic carbocycles. The Labute approximate surface area is 668 Å². The van der Waals surface area contributed by atoms with E-state index in [1.165, 1.54) is 104 Å². The highest BCUT2D eigenvalue weighted by Gasteiger charge is 2.42. The second-order valence-corrected chi connectivity index (χ2v) is 58.2. The molecule has 0 unspecified atom stereocenters. The average molecular weight is 1550 g/mol. The van der Waals surface area contributed by atoms with Crippen molar-refractivity contribution >= 4 is 79.4 Å². The van der Waals surface area contributed by atoms with Gasteiger partial charge in [0.05, 0.1) is 0 Å². The molecule has 0 heterocycles. The fourth-order valence-corrected chi connectivity index (χ4v) is 41.3. The lowest BCUT2D eigenvalue weighted by molar-refractivity contribution is 0.475. The average Bonchev–Trinajstić information content (AvgIpc) is 0.776. The van der Waals surface area contributed by atoms with Crippen molar-refractivity contribution in [1.29, 1.82) is 0 Å². The van der Waals surface area contributed by atoms with Gasteiger partial charge in [-0.15, -0.1) is 0 Å². The maximum absolute atomic E-state index is 2.53. The molecule has 2 fully saturated rings. The quantitative estimate of drug-likeness (QED) is 0.113. The van der Waals surface area contributed by atoms with Crippen LogP contribution < -0.4 is 31.8 Å². The Morgan fingerprint density at radius 3 is 0.752 bits per heavy atom. The largest absolute Gasteiger partial charge is 0.0959 e. The van der Waals surface area contributed by atoms with Crippen LogP contribution in [-0.4, -0.2) is 64.4 Å². The Morgan fingerprint density at radius 1 is 0.286 bits per heavy atom. The van der Waals surface area contributed by atoms with E-state index in [-0.39, 0.29) is 94.5 Å². The maximum Gasteiger partial charge on any atom is -0.00988 e. The summed E-state index contributed by atoms with van der Waals surface area (Å²) in [5.41, 5.74) is 16.0. The third-order valence-corrected chi connectivity index (χ3v) is 40.6. The van der Waals surface area contributed by atoms with Crippen LogP contribution in [0.1, 0.15) is 340 Å². The summed E-state index contributed by atoms with van der Waals surface area (Å²) in [4.78, 5) is 0. The lowest BCUT2D eigenvalue weighted by Crippen LogP contribution is -2.34. The standard InChI is InChI=1S/C22H31P.C17H21P.C16H31P.C16H19P.C12H27P.C10H23P.6CH4/c1-14-10-16(3)20(17(4)11-14)23(22(7,8)9)21-18(5)12-15(2)13-19(21)6;1-13(2)18(16-11-7-5-9-14(16)3)17-12-8-6-10-15(17)4;2*1-16(2,3)17(14-10-6-4-7-11-14)15-12-8-5-9-13-15;1-10(2,3)13(11(4,5)6)12(7,8)9;1-8(2)11(9(3)4)10(5,6)7;;;;;;/h10-13H,1-9H3;5-13H,1-4H3;14-15H,4-13H2,1-3H3;4-13H,1-3H3;1-9H3;8-9H,1-7H3;6*1H4. The van der Waals surface area contributed by atoms with E-state index in [1.54, 1.807) is 36.3 Å². The summed E-state index contributed by atoms with van der Waals surface area (Å²) in [5.74, 6) is 0. The van der Waals surface area contributed by atoms with E-state index in [4.69, 9.17) is 0 Å². The van der Waals surface area contributed by atoms with Crippen molar-refractivity contribution in [2.24, 2.45) is 0 Å². The van der Waals surface area contributed by atoms with Crippen LogP contribution in [0.4, 0.5) is 0 Å². The summed E-state index contributed by atoms with van der Waals surface area (Å²) in [6.45, 7) is 82.5. The van der Waals surface area contributed by atoms with Crippen molar-refractivity contribution in [3.63, 3.8) is 0 Å². The molecular formula is C99H176P6. The minimum atomic E-state index is -0.400. The summed E-state index contributed by atoms with van der Waals surface area (Å²) in [6, 6.07) is 48.8. The van der Waals surface area contributed by atoms with Gasteiger partial charge in [0.15, 0.2) is 0 Å². The normalized spacial score (nSPS) is 13.9. The van der Waals surface area contributed by atoms with Gasteiger partial charge in [-0.25, -0.2) is 0 Å². The predicted molar refractivity (Wildman–Crippen MR) is 514 cm³/mol. The first-order valence-corrected chi connectivity index (χ1v) is 47.0. The smallest absolute Gasteiger partial charge is 0.00988 e. The second-order valence-electron chi connectivity index (χ2n) is 37.0. The molecule has 0 spiro atoms. The van der Waals surface area contributed by atoms with Crippen molar-refractivity contribution in [3.8, 4) is 0 Å². The zero-order chi connectivity index (χ0) is 75.6. The van der Waals surface area contributed by atoms with Gasteiger partial charge in [-0.1, -0.05) is 438 Å². The lowest BCUT2D eigenvalue weighted by Gasteiger charge is -2.49. The summed E-state index contributed by atoms with van der Waals surface area (Å²) in [7, 11) is -0.485. The van der Waals surface area contributed by atoms with Crippen molar-refractivity contribution < 1.29 is 0 Å². The molecule has 0 aromatic heterocycles. The summed E-state index contributed by atoms with van der Waals surface area (Å²) < 4.78 is 0. The minimum absolute atomic E-state index is 0. The summed E-state index contributed by atoms with van der Waals surface area (Å²) in [5, 5.41) is 12.1. The molecule has 105 heavy (non-hydrogen) atoms. The SMILES string of the molecule is C.C.C.C.C.C.CC(C)(C)P(C(C)(C)C)C(C)(C)C.CC(C)(C)P(C1CCCCC1)C1CCCCC1.CC(C)(C)P(c1ccccc1)c1ccccc1.CC(C)P(C(C)C)C(C)(C)C.Cc1cc(C)c(P(c2c(C)cc(C)cc2C)C(C)(C)C)c(C)c1.Cc1ccccc1P(c1ccccc1C)C(C)C. The Hall–Kier alpha value is -2.10. The van der Waals surface area contributed by atoms with Crippen LogP contribution in [0.15, 0.2) is 133 Å². The third kappa shape index (κ3) is 35.2. The fourth-order valence-electron chi connectivity index (χ4n) is 17.5. The second kappa shape index (κ2) is 48.1. The van der Waals surface area contributed by atoms with Gasteiger partial charge in [0.25, 0.3) is 0 Å². The minimum Gasteiger partial charge on any atom is -0.0959 e. The molecule has 0 bridgehead atoms. The molecular weight excluding hydrogens is 1370 g/mol.